The van der Waals surface area contributed by atoms with E-state index in [9.17, 15) is 4.79 Å². The van der Waals surface area contributed by atoms with E-state index in [-0.39, 0.29) is 12.3 Å². The molecule has 0 aliphatic carbocycles. The number of thioether (sulfide) groups is 1. The molecule has 0 saturated carbocycles. The molecular formula is C18H17N7O3S2. The zero-order chi connectivity index (χ0) is 20.9. The SMILES string of the molecule is Cc1nnc(NC(=O)CCc2nc(CSc3nnc(-c4ccccc4C)o3)no2)s1. The first-order valence-corrected chi connectivity index (χ1v) is 10.8. The van der Waals surface area contributed by atoms with Gasteiger partial charge in [0.05, 0.1) is 5.75 Å². The molecular weight excluding hydrogens is 426 g/mol. The number of nitrogens with one attached hydrogen (secondary N) is 1. The summed E-state index contributed by atoms with van der Waals surface area (Å²) in [5.74, 6) is 1.58. The van der Waals surface area contributed by atoms with Gasteiger partial charge in [-0.25, -0.2) is 0 Å². The van der Waals surface area contributed by atoms with Crippen LogP contribution in [0.4, 0.5) is 5.13 Å². The lowest BCUT2D eigenvalue weighted by atomic mass is 10.1. The van der Waals surface area contributed by atoms with Crippen LogP contribution in [-0.4, -0.2) is 36.4 Å². The van der Waals surface area contributed by atoms with Crippen molar-refractivity contribution in [1.29, 1.82) is 0 Å². The minimum atomic E-state index is -0.185. The highest BCUT2D eigenvalue weighted by molar-refractivity contribution is 7.98. The second-order valence-electron chi connectivity index (χ2n) is 6.26. The number of hydrogen-bond donors (Lipinski definition) is 1. The van der Waals surface area contributed by atoms with Crippen LogP contribution >= 0.6 is 23.1 Å². The van der Waals surface area contributed by atoms with Crippen molar-refractivity contribution in [3.63, 3.8) is 0 Å². The molecule has 4 rings (SSSR count). The summed E-state index contributed by atoms with van der Waals surface area (Å²) in [6.45, 7) is 3.81. The van der Waals surface area contributed by atoms with Crippen LogP contribution in [0.15, 0.2) is 38.4 Å². The molecule has 0 spiro atoms. The van der Waals surface area contributed by atoms with Crippen molar-refractivity contribution >= 4 is 34.1 Å². The second kappa shape index (κ2) is 9.13. The quantitative estimate of drug-likeness (QED) is 0.404. The van der Waals surface area contributed by atoms with Crippen LogP contribution in [0.3, 0.4) is 0 Å². The highest BCUT2D eigenvalue weighted by Crippen LogP contribution is 2.26. The van der Waals surface area contributed by atoms with Gasteiger partial charge in [-0.3, -0.25) is 4.79 Å². The number of amides is 1. The standard InChI is InChI=1S/C18H17N7O3S2/c1-10-5-3-4-6-12(10)16-22-24-18(27-16)29-9-13-19-15(28-25-13)8-7-14(26)20-17-23-21-11(2)30-17/h3-6H,7-9H2,1-2H3,(H,20,23,26). The van der Waals surface area contributed by atoms with Crippen molar-refractivity contribution in [2.45, 2.75) is 37.7 Å². The third kappa shape index (κ3) is 5.07. The van der Waals surface area contributed by atoms with Crippen LogP contribution in [0.2, 0.25) is 0 Å². The van der Waals surface area contributed by atoms with Gasteiger partial charge in [0, 0.05) is 18.4 Å². The number of carbonyl (C=O) groups is 1. The van der Waals surface area contributed by atoms with E-state index in [1.807, 2.05) is 38.1 Å². The zero-order valence-electron chi connectivity index (χ0n) is 16.2. The molecule has 0 saturated heterocycles. The van der Waals surface area contributed by atoms with Crippen molar-refractivity contribution in [2.24, 2.45) is 0 Å². The summed E-state index contributed by atoms with van der Waals surface area (Å²) >= 11 is 2.64. The maximum Gasteiger partial charge on any atom is 0.277 e. The molecule has 154 valence electrons. The van der Waals surface area contributed by atoms with E-state index in [4.69, 9.17) is 8.94 Å². The minimum absolute atomic E-state index is 0.185. The van der Waals surface area contributed by atoms with Crippen LogP contribution in [0.1, 0.15) is 28.7 Å². The fraction of sp³-hybridized carbons (Fsp3) is 0.278. The lowest BCUT2D eigenvalue weighted by Crippen LogP contribution is -2.12. The molecule has 0 aliphatic heterocycles. The lowest BCUT2D eigenvalue weighted by Gasteiger charge is -1.98. The van der Waals surface area contributed by atoms with Crippen molar-refractivity contribution in [1.82, 2.24) is 30.5 Å². The number of anilines is 1. The highest BCUT2D eigenvalue weighted by atomic mass is 32.2. The van der Waals surface area contributed by atoms with E-state index >= 15 is 0 Å². The van der Waals surface area contributed by atoms with E-state index in [0.29, 0.717) is 40.1 Å². The van der Waals surface area contributed by atoms with Crippen LogP contribution in [-0.2, 0) is 17.0 Å². The molecule has 3 aromatic heterocycles. The summed E-state index contributed by atoms with van der Waals surface area (Å²) in [4.78, 5) is 16.3. The summed E-state index contributed by atoms with van der Waals surface area (Å²) in [7, 11) is 0. The summed E-state index contributed by atoms with van der Waals surface area (Å²) in [5, 5.41) is 24.2. The summed E-state index contributed by atoms with van der Waals surface area (Å²) in [6, 6.07) is 7.81. The van der Waals surface area contributed by atoms with Crippen LogP contribution in [0, 0.1) is 13.8 Å². The van der Waals surface area contributed by atoms with Gasteiger partial charge in [-0.1, -0.05) is 46.5 Å². The van der Waals surface area contributed by atoms with E-state index < -0.39 is 0 Å². The molecule has 10 nitrogen and oxygen atoms in total. The predicted octanol–water partition coefficient (Wildman–Crippen LogP) is 3.45. The Kier molecular flexibility index (Phi) is 6.14. The molecule has 12 heteroatoms. The maximum absolute atomic E-state index is 12.0. The Morgan fingerprint density at radius 3 is 2.83 bits per heavy atom. The van der Waals surface area contributed by atoms with Crippen LogP contribution in [0.25, 0.3) is 11.5 Å². The first kappa shape index (κ1) is 20.2. The molecule has 0 fully saturated rings. The molecule has 4 aromatic rings. The van der Waals surface area contributed by atoms with Crippen LogP contribution in [0.5, 0.6) is 0 Å². The minimum Gasteiger partial charge on any atom is -0.411 e. The van der Waals surface area contributed by atoms with Gasteiger partial charge in [-0.05, 0) is 25.5 Å². The molecule has 0 bridgehead atoms. The van der Waals surface area contributed by atoms with Gasteiger partial charge in [0.1, 0.15) is 5.01 Å². The van der Waals surface area contributed by atoms with Gasteiger partial charge in [-0.15, -0.1) is 20.4 Å². The average molecular weight is 444 g/mol. The molecule has 1 aromatic carbocycles. The monoisotopic (exact) mass is 443 g/mol. The fourth-order valence-corrected chi connectivity index (χ4v) is 3.73. The lowest BCUT2D eigenvalue weighted by molar-refractivity contribution is -0.116. The van der Waals surface area contributed by atoms with E-state index in [1.54, 1.807) is 0 Å². The Morgan fingerprint density at radius 2 is 2.03 bits per heavy atom. The Hall–Kier alpha value is -3.12. The fourth-order valence-electron chi connectivity index (χ4n) is 2.52. The van der Waals surface area contributed by atoms with Gasteiger partial charge < -0.3 is 14.3 Å². The number of aryl methyl sites for hydroxylation is 3. The Morgan fingerprint density at radius 1 is 1.17 bits per heavy atom. The molecule has 1 amide bonds. The number of carbonyl (C=O) groups excluding carboxylic acids is 1. The normalized spacial score (nSPS) is 11.0. The van der Waals surface area contributed by atoms with E-state index in [2.05, 4.69) is 35.9 Å². The van der Waals surface area contributed by atoms with Crippen molar-refractivity contribution < 1.29 is 13.7 Å². The number of nitrogens with zero attached hydrogens (tertiary/aromatic N) is 6. The molecule has 0 aliphatic rings. The average Bonchev–Trinajstić information content (AvgIpc) is 3.47. The van der Waals surface area contributed by atoms with Gasteiger partial charge in [0.2, 0.25) is 22.8 Å². The third-order valence-corrected chi connectivity index (χ3v) is 5.52. The molecule has 0 atom stereocenters. The maximum atomic E-state index is 12.0. The Labute approximate surface area is 179 Å². The van der Waals surface area contributed by atoms with Gasteiger partial charge in [-0.2, -0.15) is 4.98 Å². The smallest absolute Gasteiger partial charge is 0.277 e. The topological polar surface area (TPSA) is 133 Å². The Balaban J connectivity index is 1.27. The van der Waals surface area contributed by atoms with Gasteiger partial charge in [0.15, 0.2) is 5.82 Å². The summed E-state index contributed by atoms with van der Waals surface area (Å²) in [6.07, 6.45) is 0.538. The van der Waals surface area contributed by atoms with E-state index in [1.165, 1.54) is 23.1 Å². The second-order valence-corrected chi connectivity index (χ2v) is 8.36. The van der Waals surface area contributed by atoms with E-state index in [0.717, 1.165) is 16.1 Å². The number of benzene rings is 1. The van der Waals surface area contributed by atoms with Crippen LogP contribution < -0.4 is 5.32 Å². The van der Waals surface area contributed by atoms with Gasteiger partial charge >= 0.3 is 0 Å². The number of aromatic nitrogens is 6. The largest absolute Gasteiger partial charge is 0.411 e. The molecule has 0 radical (unpaired) electrons. The van der Waals surface area contributed by atoms with Gasteiger partial charge in [0.25, 0.3) is 5.22 Å². The molecule has 1 N–H and O–H groups in total. The summed E-state index contributed by atoms with van der Waals surface area (Å²) < 4.78 is 10.9. The molecule has 30 heavy (non-hydrogen) atoms. The van der Waals surface area contributed by atoms with Crippen molar-refractivity contribution in [3.05, 3.63) is 46.6 Å². The number of rotatable bonds is 8. The third-order valence-electron chi connectivity index (χ3n) is 3.96. The number of hydrogen-bond acceptors (Lipinski definition) is 11. The molecule has 0 unspecified atom stereocenters. The first-order chi connectivity index (χ1) is 14.6. The summed E-state index contributed by atoms with van der Waals surface area (Å²) in [5.41, 5.74) is 1.96. The zero-order valence-corrected chi connectivity index (χ0v) is 17.8. The van der Waals surface area contributed by atoms with Crippen molar-refractivity contribution in [2.75, 3.05) is 5.32 Å². The molecule has 3 heterocycles. The predicted molar refractivity (Wildman–Crippen MR) is 110 cm³/mol. The first-order valence-electron chi connectivity index (χ1n) is 9.00. The highest BCUT2D eigenvalue weighted by Gasteiger charge is 2.14. The Bertz CT molecular complexity index is 1150. The van der Waals surface area contributed by atoms with Crippen molar-refractivity contribution in [3.8, 4) is 11.5 Å².